The molecule has 152 valence electrons. The molecule has 1 aliphatic rings. The van der Waals surface area contributed by atoms with Gasteiger partial charge in [-0.3, -0.25) is 4.79 Å². The highest BCUT2D eigenvalue weighted by atomic mass is 32.2. The zero-order chi connectivity index (χ0) is 21.3. The van der Waals surface area contributed by atoms with Crippen molar-refractivity contribution in [2.75, 3.05) is 0 Å². The highest BCUT2D eigenvalue weighted by molar-refractivity contribution is 7.89. The molecule has 0 spiro atoms. The summed E-state index contributed by atoms with van der Waals surface area (Å²) >= 11 is 1.38. The van der Waals surface area contributed by atoms with Gasteiger partial charge in [-0.25, -0.2) is 13.4 Å². The minimum atomic E-state index is -3.80. The average molecular weight is 439 g/mol. The molecule has 4 rings (SSSR count). The molecule has 1 atom stereocenters. The van der Waals surface area contributed by atoms with Crippen LogP contribution in [0.25, 0.3) is 10.4 Å². The van der Waals surface area contributed by atoms with Crippen LogP contribution in [0.5, 0.6) is 0 Å². The number of hydrogen-bond acceptors (Lipinski definition) is 5. The van der Waals surface area contributed by atoms with Gasteiger partial charge in [-0.1, -0.05) is 31.0 Å². The van der Waals surface area contributed by atoms with Crippen molar-refractivity contribution in [2.24, 2.45) is 0 Å². The molecular formula is C22H18N2O4S2. The number of carbonyl (C=O) groups is 1. The smallest absolute Gasteiger partial charge is 0.322 e. The van der Waals surface area contributed by atoms with E-state index in [1.54, 1.807) is 19.2 Å². The first kappa shape index (κ1) is 20.3. The topological polar surface area (TPSA) is 87.6 Å². The Balaban J connectivity index is 1.57. The summed E-state index contributed by atoms with van der Waals surface area (Å²) in [4.78, 5) is 17.3. The lowest BCUT2D eigenvalue weighted by atomic mass is 10.1. The maximum atomic E-state index is 12.9. The third kappa shape index (κ3) is 3.75. The van der Waals surface area contributed by atoms with E-state index in [4.69, 9.17) is 0 Å². The molecule has 1 N–H and O–H groups in total. The molecule has 0 aliphatic carbocycles. The lowest BCUT2D eigenvalue weighted by Gasteiger charge is -2.21. The fraction of sp³-hybridized carbons (Fsp3) is 0.182. The second-order valence-electron chi connectivity index (χ2n) is 6.75. The standard InChI is InChI=1S/C22H18N2O4S2/c1-2-18(22(25)26)24-14-20-21(30(24,27)28)13-19(29-20)16-9-6-15(7-10-16)8-11-17-5-3-4-12-23-17/h3-7,9-10,12-13,18H,2,14H2,1H3,(H,25,26). The zero-order valence-electron chi connectivity index (χ0n) is 16.1. The molecule has 2 aromatic heterocycles. The summed E-state index contributed by atoms with van der Waals surface area (Å²) in [6.45, 7) is 1.77. The first-order valence-electron chi connectivity index (χ1n) is 9.31. The molecule has 0 saturated carbocycles. The maximum Gasteiger partial charge on any atom is 0.322 e. The number of hydrogen-bond donors (Lipinski definition) is 1. The first-order valence-corrected chi connectivity index (χ1v) is 11.6. The Morgan fingerprint density at radius 2 is 2.00 bits per heavy atom. The Morgan fingerprint density at radius 1 is 1.23 bits per heavy atom. The number of aromatic nitrogens is 1. The van der Waals surface area contributed by atoms with Crippen molar-refractivity contribution in [3.8, 4) is 22.3 Å². The van der Waals surface area contributed by atoms with Crippen molar-refractivity contribution >= 4 is 27.3 Å². The van der Waals surface area contributed by atoms with Crippen LogP contribution in [-0.4, -0.2) is 34.8 Å². The minimum absolute atomic E-state index is 0.0980. The van der Waals surface area contributed by atoms with Gasteiger partial charge in [-0.15, -0.1) is 11.3 Å². The number of thiophene rings is 1. The first-order chi connectivity index (χ1) is 14.4. The van der Waals surface area contributed by atoms with E-state index >= 15 is 0 Å². The van der Waals surface area contributed by atoms with Gasteiger partial charge in [0.15, 0.2) is 0 Å². The van der Waals surface area contributed by atoms with E-state index in [0.29, 0.717) is 10.6 Å². The van der Waals surface area contributed by atoms with Crippen molar-refractivity contribution in [1.29, 1.82) is 0 Å². The van der Waals surface area contributed by atoms with Crippen molar-refractivity contribution in [3.05, 3.63) is 70.9 Å². The van der Waals surface area contributed by atoms with Gasteiger partial charge < -0.3 is 5.11 Å². The minimum Gasteiger partial charge on any atom is -0.480 e. The van der Waals surface area contributed by atoms with E-state index in [9.17, 15) is 18.3 Å². The molecule has 1 aliphatic heterocycles. The number of carboxylic acids is 1. The van der Waals surface area contributed by atoms with Crippen molar-refractivity contribution in [2.45, 2.75) is 30.8 Å². The molecule has 30 heavy (non-hydrogen) atoms. The fourth-order valence-electron chi connectivity index (χ4n) is 3.31. The van der Waals surface area contributed by atoms with Crippen LogP contribution in [0.15, 0.2) is 59.6 Å². The predicted molar refractivity (Wildman–Crippen MR) is 114 cm³/mol. The number of nitrogens with zero attached hydrogens (tertiary/aromatic N) is 2. The zero-order valence-corrected chi connectivity index (χ0v) is 17.7. The monoisotopic (exact) mass is 438 g/mol. The van der Waals surface area contributed by atoms with E-state index in [0.717, 1.165) is 20.3 Å². The Morgan fingerprint density at radius 3 is 2.60 bits per heavy atom. The van der Waals surface area contributed by atoms with Gasteiger partial charge in [0.05, 0.1) is 11.4 Å². The summed E-state index contributed by atoms with van der Waals surface area (Å²) < 4.78 is 26.8. The lowest BCUT2D eigenvalue weighted by molar-refractivity contribution is -0.141. The Bertz CT molecular complexity index is 1250. The van der Waals surface area contributed by atoms with Crippen LogP contribution in [0.1, 0.15) is 29.5 Å². The van der Waals surface area contributed by atoms with Crippen molar-refractivity contribution in [3.63, 3.8) is 0 Å². The Kier molecular flexibility index (Phi) is 5.43. The Labute approximate surface area is 178 Å². The third-order valence-corrected chi connectivity index (χ3v) is 8.06. The molecular weight excluding hydrogens is 420 g/mol. The van der Waals surface area contributed by atoms with E-state index in [1.165, 1.54) is 11.3 Å². The molecule has 1 unspecified atom stereocenters. The van der Waals surface area contributed by atoms with E-state index < -0.39 is 22.0 Å². The fourth-order valence-corrected chi connectivity index (χ4v) is 6.71. The highest BCUT2D eigenvalue weighted by Crippen LogP contribution is 2.42. The van der Waals surface area contributed by atoms with Crippen LogP contribution in [0, 0.1) is 11.8 Å². The summed E-state index contributed by atoms with van der Waals surface area (Å²) in [5.74, 6) is 4.93. The molecule has 0 saturated heterocycles. The number of pyridine rings is 1. The molecule has 1 aromatic carbocycles. The van der Waals surface area contributed by atoms with Gasteiger partial charge in [-0.05, 0) is 48.2 Å². The average Bonchev–Trinajstić information content (AvgIpc) is 3.27. The molecule has 3 aromatic rings. The number of sulfonamides is 1. The largest absolute Gasteiger partial charge is 0.480 e. The highest BCUT2D eigenvalue weighted by Gasteiger charge is 2.42. The summed E-state index contributed by atoms with van der Waals surface area (Å²) in [7, 11) is -3.80. The number of aliphatic carboxylic acids is 1. The lowest BCUT2D eigenvalue weighted by Crippen LogP contribution is -2.40. The number of fused-ring (bicyclic) bond motifs is 1. The van der Waals surface area contributed by atoms with Gasteiger partial charge in [0, 0.05) is 21.5 Å². The summed E-state index contributed by atoms with van der Waals surface area (Å²) in [6, 6.07) is 13.7. The molecule has 0 bridgehead atoms. The molecule has 8 heteroatoms. The van der Waals surface area contributed by atoms with E-state index in [-0.39, 0.29) is 17.9 Å². The van der Waals surface area contributed by atoms with E-state index in [2.05, 4.69) is 16.8 Å². The molecule has 6 nitrogen and oxygen atoms in total. The van der Waals surface area contributed by atoms with Crippen molar-refractivity contribution < 1.29 is 18.3 Å². The number of rotatable bonds is 4. The second-order valence-corrected chi connectivity index (χ2v) is 9.75. The molecule has 0 radical (unpaired) electrons. The Hall–Kier alpha value is -2.99. The van der Waals surface area contributed by atoms with Crippen LogP contribution in [0.2, 0.25) is 0 Å². The van der Waals surface area contributed by atoms with Crippen LogP contribution in [-0.2, 0) is 21.4 Å². The summed E-state index contributed by atoms with van der Waals surface area (Å²) in [6.07, 6.45) is 1.91. The van der Waals surface area contributed by atoms with Crippen molar-refractivity contribution in [1.82, 2.24) is 9.29 Å². The van der Waals surface area contributed by atoms with Crippen LogP contribution in [0.3, 0.4) is 0 Å². The number of benzene rings is 1. The van der Waals surface area contributed by atoms with E-state index in [1.807, 2.05) is 42.5 Å². The summed E-state index contributed by atoms with van der Waals surface area (Å²) in [5, 5.41) is 9.34. The van der Waals surface area contributed by atoms with Gasteiger partial charge in [-0.2, -0.15) is 4.31 Å². The van der Waals surface area contributed by atoms with Gasteiger partial charge in [0.25, 0.3) is 0 Å². The van der Waals surface area contributed by atoms with Crippen LogP contribution >= 0.6 is 11.3 Å². The van der Waals surface area contributed by atoms with Crippen LogP contribution < -0.4 is 0 Å². The quantitative estimate of drug-likeness (QED) is 0.629. The molecule has 0 fully saturated rings. The third-order valence-electron chi connectivity index (χ3n) is 4.84. The molecule has 0 amide bonds. The number of carboxylic acid groups (broad SMARTS) is 1. The van der Waals surface area contributed by atoms with Gasteiger partial charge >= 0.3 is 5.97 Å². The van der Waals surface area contributed by atoms with Gasteiger partial charge in [0.2, 0.25) is 10.0 Å². The normalized spacial score (nSPS) is 15.8. The van der Waals surface area contributed by atoms with Gasteiger partial charge in [0.1, 0.15) is 11.7 Å². The maximum absolute atomic E-state index is 12.9. The second kappa shape index (κ2) is 8.03. The molecule has 3 heterocycles. The summed E-state index contributed by atoms with van der Waals surface area (Å²) in [5.41, 5.74) is 2.42. The predicted octanol–water partition coefficient (Wildman–Crippen LogP) is 3.58. The van der Waals surface area contributed by atoms with Crippen LogP contribution in [0.4, 0.5) is 0 Å². The SMILES string of the molecule is CCC(C(=O)O)N1Cc2sc(-c3ccc(C#Cc4ccccn4)cc3)cc2S1(=O)=O.